The van der Waals surface area contributed by atoms with Crippen molar-refractivity contribution in [3.8, 4) is 0 Å². The van der Waals surface area contributed by atoms with Crippen molar-refractivity contribution >= 4 is 44.9 Å². The van der Waals surface area contributed by atoms with Crippen LogP contribution in [-0.2, 0) is 17.9 Å². The Kier molecular flexibility index (Phi) is 6.87. The van der Waals surface area contributed by atoms with E-state index in [9.17, 15) is 9.59 Å². The lowest BCUT2D eigenvalue weighted by Crippen LogP contribution is -2.51. The molecule has 3 amide bonds. The first-order valence-corrected chi connectivity index (χ1v) is 10.5. The summed E-state index contributed by atoms with van der Waals surface area (Å²) in [5.74, 6) is -0.107. The van der Waals surface area contributed by atoms with Crippen LogP contribution < -0.4 is 10.6 Å². The number of carbonyl (C=O) groups excluding carboxylic acids is 2. The molecule has 1 saturated heterocycles. The van der Waals surface area contributed by atoms with E-state index in [4.69, 9.17) is 0 Å². The zero-order valence-corrected chi connectivity index (χ0v) is 17.6. The summed E-state index contributed by atoms with van der Waals surface area (Å²) in [6.45, 7) is 6.05. The average Bonchev–Trinajstić information content (AvgIpc) is 3.05. The molecule has 1 aliphatic rings. The van der Waals surface area contributed by atoms with Gasteiger partial charge in [-0.3, -0.25) is 9.69 Å². The molecule has 0 saturated carbocycles. The predicted molar refractivity (Wildman–Crippen MR) is 112 cm³/mol. The fourth-order valence-electron chi connectivity index (χ4n) is 3.02. The van der Waals surface area contributed by atoms with Crippen LogP contribution in [0.5, 0.6) is 0 Å². The standard InChI is InChI=1S/C19H23BrN4O2S/c1-14(25)22-16-4-2-3-15(11-16)12-21-19(26)24-9-7-23(8-10-24)13-17-5-6-18(20)27-17/h2-6,11H,7-10,12-13H2,1H3,(H,21,26)(H,22,25). The normalized spacial score (nSPS) is 14.8. The number of thiophene rings is 1. The van der Waals surface area contributed by atoms with Crippen LogP contribution in [-0.4, -0.2) is 47.9 Å². The Morgan fingerprint density at radius 3 is 2.59 bits per heavy atom. The highest BCUT2D eigenvalue weighted by atomic mass is 79.9. The number of rotatable bonds is 5. The summed E-state index contributed by atoms with van der Waals surface area (Å²) in [7, 11) is 0. The number of carbonyl (C=O) groups is 2. The largest absolute Gasteiger partial charge is 0.334 e. The SMILES string of the molecule is CC(=O)Nc1cccc(CNC(=O)N2CCN(Cc3ccc(Br)s3)CC2)c1. The molecule has 1 aromatic heterocycles. The molecule has 0 bridgehead atoms. The first-order chi connectivity index (χ1) is 13.0. The fraction of sp³-hybridized carbons (Fsp3) is 0.368. The molecule has 1 aliphatic heterocycles. The van der Waals surface area contributed by atoms with E-state index < -0.39 is 0 Å². The van der Waals surface area contributed by atoms with Gasteiger partial charge < -0.3 is 15.5 Å². The van der Waals surface area contributed by atoms with Gasteiger partial charge in [-0.05, 0) is 45.8 Å². The number of hydrogen-bond acceptors (Lipinski definition) is 4. The molecule has 8 heteroatoms. The third-order valence-corrected chi connectivity index (χ3v) is 5.97. The zero-order chi connectivity index (χ0) is 19.2. The first-order valence-electron chi connectivity index (χ1n) is 8.85. The topological polar surface area (TPSA) is 64.7 Å². The molecule has 2 heterocycles. The maximum atomic E-state index is 12.4. The lowest BCUT2D eigenvalue weighted by Gasteiger charge is -2.34. The number of amides is 3. The van der Waals surface area contributed by atoms with E-state index in [1.165, 1.54) is 11.8 Å². The van der Waals surface area contributed by atoms with E-state index in [2.05, 4.69) is 43.6 Å². The van der Waals surface area contributed by atoms with Crippen LogP contribution in [0.4, 0.5) is 10.5 Å². The number of benzene rings is 1. The van der Waals surface area contributed by atoms with Gasteiger partial charge in [0.2, 0.25) is 5.91 Å². The molecule has 6 nitrogen and oxygen atoms in total. The van der Waals surface area contributed by atoms with Crippen molar-refractivity contribution in [1.29, 1.82) is 0 Å². The predicted octanol–water partition coefficient (Wildman–Crippen LogP) is 3.50. The number of nitrogens with zero attached hydrogens (tertiary/aromatic N) is 2. The summed E-state index contributed by atoms with van der Waals surface area (Å²) >= 11 is 5.25. The Labute approximate surface area is 171 Å². The number of piperazine rings is 1. The summed E-state index contributed by atoms with van der Waals surface area (Å²) < 4.78 is 1.15. The number of halogens is 1. The van der Waals surface area contributed by atoms with E-state index in [1.54, 1.807) is 11.3 Å². The minimum absolute atomic E-state index is 0.0431. The Morgan fingerprint density at radius 1 is 1.15 bits per heavy atom. The molecule has 2 N–H and O–H groups in total. The average molecular weight is 451 g/mol. The molecule has 0 radical (unpaired) electrons. The molecule has 2 aromatic rings. The minimum Gasteiger partial charge on any atom is -0.334 e. The number of urea groups is 1. The van der Waals surface area contributed by atoms with Crippen LogP contribution in [0.1, 0.15) is 17.4 Å². The second kappa shape index (κ2) is 9.34. The van der Waals surface area contributed by atoms with Crippen molar-refractivity contribution in [3.05, 3.63) is 50.6 Å². The van der Waals surface area contributed by atoms with E-state index in [0.29, 0.717) is 6.54 Å². The molecule has 27 heavy (non-hydrogen) atoms. The quantitative estimate of drug-likeness (QED) is 0.732. The second-order valence-electron chi connectivity index (χ2n) is 6.51. The highest BCUT2D eigenvalue weighted by Gasteiger charge is 2.21. The smallest absolute Gasteiger partial charge is 0.317 e. The molecule has 144 valence electrons. The third kappa shape index (κ3) is 6.05. The number of anilines is 1. The fourth-order valence-corrected chi connectivity index (χ4v) is 4.54. The van der Waals surface area contributed by atoms with Gasteiger partial charge in [-0.2, -0.15) is 0 Å². The highest BCUT2D eigenvalue weighted by Crippen LogP contribution is 2.23. The Bertz CT molecular complexity index is 803. The highest BCUT2D eigenvalue weighted by molar-refractivity contribution is 9.11. The van der Waals surface area contributed by atoms with Crippen LogP contribution in [0.15, 0.2) is 40.2 Å². The van der Waals surface area contributed by atoms with Gasteiger partial charge in [-0.1, -0.05) is 12.1 Å². The number of hydrogen-bond donors (Lipinski definition) is 2. The summed E-state index contributed by atoms with van der Waals surface area (Å²) in [6, 6.07) is 11.7. The lowest BCUT2D eigenvalue weighted by molar-refractivity contribution is -0.114. The van der Waals surface area contributed by atoms with E-state index >= 15 is 0 Å². The van der Waals surface area contributed by atoms with Crippen molar-refractivity contribution in [2.45, 2.75) is 20.0 Å². The van der Waals surface area contributed by atoms with Gasteiger partial charge in [-0.25, -0.2) is 4.79 Å². The first kappa shape index (κ1) is 19.9. The van der Waals surface area contributed by atoms with Gasteiger partial charge >= 0.3 is 6.03 Å². The minimum atomic E-state index is -0.107. The van der Waals surface area contributed by atoms with Gasteiger partial charge in [0.05, 0.1) is 3.79 Å². The summed E-state index contributed by atoms with van der Waals surface area (Å²) in [4.78, 5) is 29.1. The maximum absolute atomic E-state index is 12.4. The van der Waals surface area contributed by atoms with Crippen LogP contribution in [0.3, 0.4) is 0 Å². The Hall–Kier alpha value is -1.90. The second-order valence-corrected chi connectivity index (χ2v) is 9.06. The Balaban J connectivity index is 1.43. The van der Waals surface area contributed by atoms with Gasteiger partial charge in [0, 0.05) is 56.8 Å². The molecule has 3 rings (SSSR count). The van der Waals surface area contributed by atoms with Crippen molar-refractivity contribution < 1.29 is 9.59 Å². The molecular weight excluding hydrogens is 428 g/mol. The molecule has 0 spiro atoms. The Morgan fingerprint density at radius 2 is 1.93 bits per heavy atom. The molecule has 0 atom stereocenters. The van der Waals surface area contributed by atoms with Crippen molar-refractivity contribution in [2.24, 2.45) is 0 Å². The van der Waals surface area contributed by atoms with Gasteiger partial charge in [-0.15, -0.1) is 11.3 Å². The van der Waals surface area contributed by atoms with Gasteiger partial charge in [0.15, 0.2) is 0 Å². The number of nitrogens with one attached hydrogen (secondary N) is 2. The van der Waals surface area contributed by atoms with E-state index in [1.807, 2.05) is 29.2 Å². The zero-order valence-electron chi connectivity index (χ0n) is 15.2. The third-order valence-electron chi connectivity index (χ3n) is 4.36. The molecule has 1 fully saturated rings. The summed E-state index contributed by atoms with van der Waals surface area (Å²) in [5, 5.41) is 5.72. The van der Waals surface area contributed by atoms with Gasteiger partial charge in [0.1, 0.15) is 0 Å². The molecular formula is C19H23BrN4O2S. The summed E-state index contributed by atoms with van der Waals surface area (Å²) in [5.41, 5.74) is 1.69. The van der Waals surface area contributed by atoms with Gasteiger partial charge in [0.25, 0.3) is 0 Å². The molecule has 1 aromatic carbocycles. The summed E-state index contributed by atoms with van der Waals surface area (Å²) in [6.07, 6.45) is 0. The van der Waals surface area contributed by atoms with Crippen LogP contribution >= 0.6 is 27.3 Å². The monoisotopic (exact) mass is 450 g/mol. The van der Waals surface area contributed by atoms with E-state index in [-0.39, 0.29) is 11.9 Å². The van der Waals surface area contributed by atoms with Crippen LogP contribution in [0.25, 0.3) is 0 Å². The van der Waals surface area contributed by atoms with Crippen molar-refractivity contribution in [2.75, 3.05) is 31.5 Å². The molecule has 0 unspecified atom stereocenters. The van der Waals surface area contributed by atoms with Crippen molar-refractivity contribution in [1.82, 2.24) is 15.1 Å². The lowest BCUT2D eigenvalue weighted by atomic mass is 10.2. The molecule has 0 aliphatic carbocycles. The van der Waals surface area contributed by atoms with E-state index in [0.717, 1.165) is 47.8 Å². The van der Waals surface area contributed by atoms with Crippen LogP contribution in [0, 0.1) is 0 Å². The maximum Gasteiger partial charge on any atom is 0.317 e. The van der Waals surface area contributed by atoms with Crippen LogP contribution in [0.2, 0.25) is 0 Å². The van der Waals surface area contributed by atoms with Crippen molar-refractivity contribution in [3.63, 3.8) is 0 Å².